The van der Waals surface area contributed by atoms with Crippen LogP contribution in [0.25, 0.3) is 0 Å². The van der Waals surface area contributed by atoms with E-state index in [-0.39, 0.29) is 0 Å². The van der Waals surface area contributed by atoms with E-state index in [0.29, 0.717) is 6.10 Å². The smallest absolute Gasteiger partial charge is 0.0844 e. The molecular formula is C9H18OSi. The average Bonchev–Trinajstić information content (AvgIpc) is 2.60. The molecule has 11 heavy (non-hydrogen) atoms. The number of hydrogen-bond donors (Lipinski definition) is 0. The Labute approximate surface area is 70.5 Å². The van der Waals surface area contributed by atoms with Crippen LogP contribution in [-0.2, 0) is 4.74 Å². The van der Waals surface area contributed by atoms with E-state index in [2.05, 4.69) is 31.8 Å². The first-order valence-electron chi connectivity index (χ1n) is 4.34. The van der Waals surface area contributed by atoms with Crippen LogP contribution in [0.15, 0.2) is 12.2 Å². The van der Waals surface area contributed by atoms with Crippen LogP contribution >= 0.6 is 0 Å². The van der Waals surface area contributed by atoms with E-state index in [1.54, 1.807) is 0 Å². The van der Waals surface area contributed by atoms with Crippen LogP contribution in [0.4, 0.5) is 0 Å². The van der Waals surface area contributed by atoms with Crippen molar-refractivity contribution in [3.8, 4) is 0 Å². The number of allylic oxidation sites excluding steroid dienone is 1. The summed E-state index contributed by atoms with van der Waals surface area (Å²) >= 11 is 0. The lowest BCUT2D eigenvalue weighted by Crippen LogP contribution is -2.17. The van der Waals surface area contributed by atoms with Crippen LogP contribution in [0.1, 0.15) is 6.42 Å². The molecule has 0 saturated carbocycles. The minimum Gasteiger partial charge on any atom is -0.373 e. The van der Waals surface area contributed by atoms with Crippen molar-refractivity contribution in [2.75, 3.05) is 6.61 Å². The van der Waals surface area contributed by atoms with Gasteiger partial charge in [0.2, 0.25) is 0 Å². The van der Waals surface area contributed by atoms with Crippen LogP contribution in [0, 0.1) is 0 Å². The summed E-state index contributed by atoms with van der Waals surface area (Å²) in [5.41, 5.74) is 0. The van der Waals surface area contributed by atoms with E-state index in [9.17, 15) is 0 Å². The van der Waals surface area contributed by atoms with Crippen LogP contribution < -0.4 is 0 Å². The van der Waals surface area contributed by atoms with Gasteiger partial charge in [0, 0.05) is 8.07 Å². The maximum absolute atomic E-state index is 5.10. The monoisotopic (exact) mass is 170 g/mol. The standard InChI is InChI=1S/C9H18OSi/c1-11(2,3)7-5-4-6-9-8-10-9/h4-5,9H,6-8H2,1-3H3. The minimum absolute atomic E-state index is 0.563. The highest BCUT2D eigenvalue weighted by Gasteiger charge is 2.20. The average molecular weight is 170 g/mol. The van der Waals surface area contributed by atoms with Crippen LogP contribution in [0.2, 0.25) is 25.7 Å². The Morgan fingerprint density at radius 3 is 2.45 bits per heavy atom. The van der Waals surface area contributed by atoms with E-state index in [0.717, 1.165) is 13.0 Å². The molecule has 0 spiro atoms. The Hall–Kier alpha value is -0.0831. The van der Waals surface area contributed by atoms with Crippen molar-refractivity contribution in [3.63, 3.8) is 0 Å². The highest BCUT2D eigenvalue weighted by molar-refractivity contribution is 6.76. The maximum atomic E-state index is 5.10. The molecule has 2 heteroatoms. The van der Waals surface area contributed by atoms with E-state index in [4.69, 9.17) is 4.74 Å². The molecule has 0 bridgehead atoms. The van der Waals surface area contributed by atoms with Gasteiger partial charge in [0.25, 0.3) is 0 Å². The number of rotatable bonds is 4. The predicted octanol–water partition coefficient (Wildman–Crippen LogP) is 2.67. The second-order valence-corrected chi connectivity index (χ2v) is 9.96. The number of epoxide rings is 1. The Bertz CT molecular complexity index is 142. The largest absolute Gasteiger partial charge is 0.373 e. The fourth-order valence-electron chi connectivity index (χ4n) is 0.889. The van der Waals surface area contributed by atoms with Crippen molar-refractivity contribution in [3.05, 3.63) is 12.2 Å². The van der Waals surface area contributed by atoms with Gasteiger partial charge in [0.15, 0.2) is 0 Å². The lowest BCUT2D eigenvalue weighted by atomic mass is 10.3. The summed E-state index contributed by atoms with van der Waals surface area (Å²) in [6.07, 6.45) is 6.29. The third-order valence-corrected chi connectivity index (χ3v) is 3.16. The quantitative estimate of drug-likeness (QED) is 0.359. The summed E-state index contributed by atoms with van der Waals surface area (Å²) in [6.45, 7) is 8.16. The SMILES string of the molecule is C[Si](C)(C)CC=CCC1CO1. The van der Waals surface area contributed by atoms with E-state index < -0.39 is 8.07 Å². The molecule has 0 aromatic rings. The molecule has 0 aliphatic carbocycles. The first kappa shape index (κ1) is 9.01. The Morgan fingerprint density at radius 1 is 1.36 bits per heavy atom. The minimum atomic E-state index is -0.836. The molecule has 1 rings (SSSR count). The molecule has 0 amide bonds. The highest BCUT2D eigenvalue weighted by Crippen LogP contribution is 2.15. The molecule has 1 heterocycles. The van der Waals surface area contributed by atoms with Gasteiger partial charge in [-0.1, -0.05) is 31.8 Å². The third kappa shape index (κ3) is 5.22. The Morgan fingerprint density at radius 2 is 2.00 bits per heavy atom. The normalized spacial score (nSPS) is 24.5. The molecule has 64 valence electrons. The molecule has 0 N–H and O–H groups in total. The molecule has 0 aromatic carbocycles. The number of ether oxygens (including phenoxy) is 1. The fraction of sp³-hybridized carbons (Fsp3) is 0.778. The van der Waals surface area contributed by atoms with E-state index in [1.165, 1.54) is 6.04 Å². The van der Waals surface area contributed by atoms with Gasteiger partial charge in [-0.05, 0) is 12.5 Å². The van der Waals surface area contributed by atoms with Crippen molar-refractivity contribution in [1.82, 2.24) is 0 Å². The van der Waals surface area contributed by atoms with Crippen molar-refractivity contribution in [2.45, 2.75) is 38.2 Å². The van der Waals surface area contributed by atoms with Gasteiger partial charge < -0.3 is 4.74 Å². The highest BCUT2D eigenvalue weighted by atomic mass is 28.3. The first-order valence-corrected chi connectivity index (χ1v) is 8.05. The maximum Gasteiger partial charge on any atom is 0.0844 e. The molecule has 0 radical (unpaired) electrons. The zero-order valence-electron chi connectivity index (χ0n) is 7.76. The second-order valence-electron chi connectivity index (χ2n) is 4.43. The fourth-order valence-corrected chi connectivity index (χ4v) is 1.76. The van der Waals surface area contributed by atoms with Gasteiger partial charge >= 0.3 is 0 Å². The zero-order chi connectivity index (χ0) is 8.32. The Kier molecular flexibility index (Phi) is 2.90. The first-order chi connectivity index (χ1) is 5.08. The summed E-state index contributed by atoms with van der Waals surface area (Å²) in [7, 11) is -0.836. The van der Waals surface area contributed by atoms with Gasteiger partial charge in [-0.25, -0.2) is 0 Å². The van der Waals surface area contributed by atoms with E-state index >= 15 is 0 Å². The molecule has 1 fully saturated rings. The molecule has 1 unspecified atom stereocenters. The third-order valence-electron chi connectivity index (χ3n) is 1.70. The summed E-state index contributed by atoms with van der Waals surface area (Å²) in [5, 5.41) is 0. The topological polar surface area (TPSA) is 12.5 Å². The summed E-state index contributed by atoms with van der Waals surface area (Å²) < 4.78 is 5.10. The van der Waals surface area contributed by atoms with Gasteiger partial charge in [0.05, 0.1) is 12.7 Å². The predicted molar refractivity (Wildman–Crippen MR) is 51.7 cm³/mol. The van der Waals surface area contributed by atoms with Crippen molar-refractivity contribution >= 4 is 8.07 Å². The molecule has 1 aliphatic heterocycles. The number of hydrogen-bond acceptors (Lipinski definition) is 1. The molecule has 1 nitrogen and oxygen atoms in total. The molecule has 1 aliphatic rings. The van der Waals surface area contributed by atoms with Crippen LogP contribution in [0.5, 0.6) is 0 Å². The molecular weight excluding hydrogens is 152 g/mol. The van der Waals surface area contributed by atoms with Crippen LogP contribution in [-0.4, -0.2) is 20.8 Å². The van der Waals surface area contributed by atoms with E-state index in [1.807, 2.05) is 0 Å². The lowest BCUT2D eigenvalue weighted by molar-refractivity contribution is 0.410. The summed E-state index contributed by atoms with van der Waals surface area (Å²) in [4.78, 5) is 0. The van der Waals surface area contributed by atoms with Gasteiger partial charge in [-0.15, -0.1) is 0 Å². The van der Waals surface area contributed by atoms with Gasteiger partial charge in [0.1, 0.15) is 0 Å². The Balaban J connectivity index is 2.04. The lowest BCUT2D eigenvalue weighted by Gasteiger charge is -2.11. The van der Waals surface area contributed by atoms with Crippen molar-refractivity contribution in [1.29, 1.82) is 0 Å². The second kappa shape index (κ2) is 3.54. The zero-order valence-corrected chi connectivity index (χ0v) is 8.76. The van der Waals surface area contributed by atoms with Crippen molar-refractivity contribution in [2.24, 2.45) is 0 Å². The molecule has 1 atom stereocenters. The van der Waals surface area contributed by atoms with Crippen molar-refractivity contribution < 1.29 is 4.74 Å². The summed E-state index contributed by atoms with van der Waals surface area (Å²) in [6, 6.07) is 1.31. The van der Waals surface area contributed by atoms with Gasteiger partial charge in [-0.2, -0.15) is 0 Å². The van der Waals surface area contributed by atoms with Gasteiger partial charge in [-0.3, -0.25) is 0 Å². The molecule has 0 aromatic heterocycles. The summed E-state index contributed by atoms with van der Waals surface area (Å²) in [5.74, 6) is 0. The molecule has 1 saturated heterocycles. The van der Waals surface area contributed by atoms with Crippen LogP contribution in [0.3, 0.4) is 0 Å².